The lowest BCUT2D eigenvalue weighted by Gasteiger charge is -2.11. The Bertz CT molecular complexity index is 752. The van der Waals surface area contributed by atoms with Gasteiger partial charge >= 0.3 is 0 Å². The van der Waals surface area contributed by atoms with Crippen LogP contribution in [-0.2, 0) is 13.5 Å². The largest absolute Gasteiger partial charge is 0.497 e. The van der Waals surface area contributed by atoms with Crippen LogP contribution in [0.5, 0.6) is 11.5 Å². The number of nitrogens with one attached hydrogen (secondary N) is 1. The third kappa shape index (κ3) is 3.91. The number of hydrogen-bond acceptors (Lipinski definition) is 4. The third-order valence-corrected chi connectivity index (χ3v) is 3.54. The van der Waals surface area contributed by atoms with Crippen LogP contribution in [0, 0.1) is 0 Å². The van der Waals surface area contributed by atoms with E-state index in [4.69, 9.17) is 9.47 Å². The fraction of sp³-hybridized carbons (Fsp3) is 0.294. The second kappa shape index (κ2) is 7.49. The number of aryl methyl sites for hydroxylation is 1. The van der Waals surface area contributed by atoms with Gasteiger partial charge in [0.2, 0.25) is 0 Å². The van der Waals surface area contributed by atoms with Crippen LogP contribution < -0.4 is 20.3 Å². The van der Waals surface area contributed by atoms with Crippen LogP contribution in [0.2, 0.25) is 0 Å². The van der Waals surface area contributed by atoms with E-state index in [9.17, 15) is 9.59 Å². The van der Waals surface area contributed by atoms with Gasteiger partial charge in [-0.05, 0) is 42.3 Å². The van der Waals surface area contributed by atoms with Crippen LogP contribution in [0.3, 0.4) is 0 Å². The number of carbonyl (C=O) groups is 1. The molecule has 0 fully saturated rings. The van der Waals surface area contributed by atoms with Gasteiger partial charge in [-0.2, -0.15) is 0 Å². The van der Waals surface area contributed by atoms with Crippen molar-refractivity contribution in [2.45, 2.75) is 6.42 Å². The Morgan fingerprint density at radius 1 is 1.22 bits per heavy atom. The summed E-state index contributed by atoms with van der Waals surface area (Å²) in [5.41, 5.74) is 0.740. The SMILES string of the molecule is COc1ccc(OC)c(CCNC(=O)c2cccn(C)c2=O)c1. The summed E-state index contributed by atoms with van der Waals surface area (Å²) in [4.78, 5) is 24.0. The molecule has 0 aliphatic rings. The lowest BCUT2D eigenvalue weighted by Crippen LogP contribution is -2.33. The molecule has 0 saturated heterocycles. The zero-order valence-electron chi connectivity index (χ0n) is 13.5. The van der Waals surface area contributed by atoms with E-state index < -0.39 is 0 Å². The van der Waals surface area contributed by atoms with Crippen LogP contribution in [0.4, 0.5) is 0 Å². The van der Waals surface area contributed by atoms with Gasteiger partial charge in [0.05, 0.1) is 14.2 Å². The Balaban J connectivity index is 2.03. The Labute approximate surface area is 134 Å². The maximum absolute atomic E-state index is 12.1. The predicted octanol–water partition coefficient (Wildman–Crippen LogP) is 1.37. The van der Waals surface area contributed by atoms with Gasteiger partial charge in [-0.15, -0.1) is 0 Å². The third-order valence-electron chi connectivity index (χ3n) is 3.54. The molecule has 1 aromatic heterocycles. The summed E-state index contributed by atoms with van der Waals surface area (Å²) in [7, 11) is 4.80. The summed E-state index contributed by atoms with van der Waals surface area (Å²) < 4.78 is 11.9. The highest BCUT2D eigenvalue weighted by Gasteiger charge is 2.11. The molecule has 1 amide bonds. The fourth-order valence-corrected chi connectivity index (χ4v) is 2.25. The van der Waals surface area contributed by atoms with Gasteiger partial charge in [-0.1, -0.05) is 0 Å². The Hall–Kier alpha value is -2.76. The van der Waals surface area contributed by atoms with Crippen molar-refractivity contribution in [3.63, 3.8) is 0 Å². The van der Waals surface area contributed by atoms with Crippen molar-refractivity contribution in [3.05, 3.63) is 58.0 Å². The summed E-state index contributed by atoms with van der Waals surface area (Å²) in [6.45, 7) is 0.389. The molecule has 0 saturated carbocycles. The van der Waals surface area contributed by atoms with Crippen molar-refractivity contribution in [2.24, 2.45) is 7.05 Å². The van der Waals surface area contributed by atoms with Crippen LogP contribution in [-0.4, -0.2) is 31.2 Å². The van der Waals surface area contributed by atoms with Crippen molar-refractivity contribution in [2.75, 3.05) is 20.8 Å². The van der Waals surface area contributed by atoms with E-state index in [1.165, 1.54) is 10.6 Å². The number of nitrogens with zero attached hydrogens (tertiary/aromatic N) is 1. The van der Waals surface area contributed by atoms with E-state index in [1.54, 1.807) is 33.5 Å². The van der Waals surface area contributed by atoms with E-state index in [0.29, 0.717) is 13.0 Å². The highest BCUT2D eigenvalue weighted by molar-refractivity contribution is 5.93. The molecule has 0 unspecified atom stereocenters. The monoisotopic (exact) mass is 316 g/mol. The van der Waals surface area contributed by atoms with Crippen molar-refractivity contribution < 1.29 is 14.3 Å². The maximum Gasteiger partial charge on any atom is 0.263 e. The number of ether oxygens (including phenoxy) is 2. The minimum absolute atomic E-state index is 0.132. The number of methoxy groups -OCH3 is 2. The number of amides is 1. The molecular weight excluding hydrogens is 296 g/mol. The highest BCUT2D eigenvalue weighted by atomic mass is 16.5. The van der Waals surface area contributed by atoms with Gasteiger partial charge in [0, 0.05) is 19.8 Å². The molecule has 0 radical (unpaired) electrons. The zero-order chi connectivity index (χ0) is 16.8. The summed E-state index contributed by atoms with van der Waals surface area (Å²) in [5, 5.41) is 2.76. The molecule has 0 atom stereocenters. The van der Waals surface area contributed by atoms with Crippen LogP contribution in [0.15, 0.2) is 41.3 Å². The fourth-order valence-electron chi connectivity index (χ4n) is 2.25. The molecule has 0 bridgehead atoms. The van der Waals surface area contributed by atoms with Crippen molar-refractivity contribution in [1.29, 1.82) is 0 Å². The van der Waals surface area contributed by atoms with E-state index in [0.717, 1.165) is 17.1 Å². The molecule has 0 aliphatic heterocycles. The summed E-state index contributed by atoms with van der Waals surface area (Å²) in [6.07, 6.45) is 2.18. The first kappa shape index (κ1) is 16.6. The summed E-state index contributed by atoms with van der Waals surface area (Å²) in [6, 6.07) is 8.69. The van der Waals surface area contributed by atoms with E-state index >= 15 is 0 Å². The first-order valence-electron chi connectivity index (χ1n) is 7.21. The predicted molar refractivity (Wildman–Crippen MR) is 87.3 cm³/mol. The lowest BCUT2D eigenvalue weighted by molar-refractivity contribution is 0.0952. The molecule has 0 aliphatic carbocycles. The first-order valence-corrected chi connectivity index (χ1v) is 7.21. The average Bonchev–Trinajstić information content (AvgIpc) is 2.57. The van der Waals surface area contributed by atoms with E-state index in [-0.39, 0.29) is 17.0 Å². The van der Waals surface area contributed by atoms with Gasteiger partial charge in [0.1, 0.15) is 17.1 Å². The molecule has 122 valence electrons. The minimum Gasteiger partial charge on any atom is -0.497 e. The molecule has 6 heteroatoms. The topological polar surface area (TPSA) is 69.6 Å². The molecule has 23 heavy (non-hydrogen) atoms. The van der Waals surface area contributed by atoms with E-state index in [2.05, 4.69) is 5.32 Å². The molecule has 1 heterocycles. The number of carbonyl (C=O) groups excluding carboxylic acids is 1. The van der Waals surface area contributed by atoms with Crippen molar-refractivity contribution in [3.8, 4) is 11.5 Å². The maximum atomic E-state index is 12.1. The second-order valence-electron chi connectivity index (χ2n) is 5.02. The Morgan fingerprint density at radius 2 is 2.00 bits per heavy atom. The number of aromatic nitrogens is 1. The standard InChI is InChI=1S/C17H20N2O4/c1-19-10-4-5-14(17(19)21)16(20)18-9-8-12-11-13(22-2)6-7-15(12)23-3/h4-7,10-11H,8-9H2,1-3H3,(H,18,20). The molecule has 0 spiro atoms. The first-order chi connectivity index (χ1) is 11.1. The Kier molecular flexibility index (Phi) is 5.41. The normalized spacial score (nSPS) is 10.2. The van der Waals surface area contributed by atoms with Gasteiger partial charge in [0.15, 0.2) is 0 Å². The van der Waals surface area contributed by atoms with Gasteiger partial charge in [0.25, 0.3) is 11.5 Å². The summed E-state index contributed by atoms with van der Waals surface area (Å²) in [5.74, 6) is 1.08. The Morgan fingerprint density at radius 3 is 2.70 bits per heavy atom. The zero-order valence-corrected chi connectivity index (χ0v) is 13.5. The molecule has 2 aromatic rings. The smallest absolute Gasteiger partial charge is 0.263 e. The molecule has 6 nitrogen and oxygen atoms in total. The van der Waals surface area contributed by atoms with Crippen molar-refractivity contribution in [1.82, 2.24) is 9.88 Å². The molecule has 1 aromatic carbocycles. The summed E-state index contributed by atoms with van der Waals surface area (Å²) >= 11 is 0. The highest BCUT2D eigenvalue weighted by Crippen LogP contribution is 2.24. The average molecular weight is 316 g/mol. The number of hydrogen-bond donors (Lipinski definition) is 1. The van der Waals surface area contributed by atoms with E-state index in [1.807, 2.05) is 18.2 Å². The second-order valence-corrected chi connectivity index (χ2v) is 5.02. The van der Waals surface area contributed by atoms with Crippen LogP contribution >= 0.6 is 0 Å². The van der Waals surface area contributed by atoms with Gasteiger partial charge in [-0.25, -0.2) is 0 Å². The minimum atomic E-state index is -0.381. The van der Waals surface area contributed by atoms with Crippen molar-refractivity contribution >= 4 is 5.91 Å². The molecular formula is C17H20N2O4. The number of pyridine rings is 1. The van der Waals surface area contributed by atoms with Gasteiger partial charge < -0.3 is 19.4 Å². The lowest BCUT2D eigenvalue weighted by atomic mass is 10.1. The van der Waals surface area contributed by atoms with Crippen LogP contribution in [0.25, 0.3) is 0 Å². The number of benzene rings is 1. The van der Waals surface area contributed by atoms with Gasteiger partial charge in [-0.3, -0.25) is 9.59 Å². The quantitative estimate of drug-likeness (QED) is 0.874. The van der Waals surface area contributed by atoms with Crippen LogP contribution in [0.1, 0.15) is 15.9 Å². The molecule has 2 rings (SSSR count). The number of rotatable bonds is 6. The molecule has 1 N–H and O–H groups in total.